The molecule has 0 unspecified atom stereocenters. The van der Waals surface area contributed by atoms with Crippen LogP contribution in [-0.2, 0) is 19.5 Å². The third-order valence-corrected chi connectivity index (χ3v) is 5.87. The van der Waals surface area contributed by atoms with E-state index in [0.29, 0.717) is 12.4 Å². The van der Waals surface area contributed by atoms with Crippen LogP contribution >= 0.6 is 11.3 Å². The van der Waals surface area contributed by atoms with Crippen LogP contribution in [0.25, 0.3) is 21.6 Å². The average molecular weight is 375 g/mol. The van der Waals surface area contributed by atoms with E-state index in [0.717, 1.165) is 41.2 Å². The summed E-state index contributed by atoms with van der Waals surface area (Å²) in [5, 5.41) is 1.18. The van der Waals surface area contributed by atoms with Gasteiger partial charge in [0.2, 0.25) is 0 Å². The SMILES string of the molecule is O=c1[nH]c(-c2ccncc2)nc2c1CN(Cc1cc3cccnc3s1)CC2. The first-order valence-corrected chi connectivity index (χ1v) is 9.66. The number of aromatic nitrogens is 4. The molecule has 5 rings (SSSR count). The van der Waals surface area contributed by atoms with E-state index in [2.05, 4.69) is 32.0 Å². The molecule has 5 heterocycles. The second-order valence-electron chi connectivity index (χ2n) is 6.65. The number of aromatic amines is 1. The zero-order chi connectivity index (χ0) is 18.2. The maximum atomic E-state index is 12.7. The van der Waals surface area contributed by atoms with E-state index < -0.39 is 0 Å². The molecule has 7 heteroatoms. The lowest BCUT2D eigenvalue weighted by Gasteiger charge is -2.27. The summed E-state index contributed by atoms with van der Waals surface area (Å²) in [7, 11) is 0. The lowest BCUT2D eigenvalue weighted by Crippen LogP contribution is -2.35. The molecule has 0 saturated carbocycles. The molecule has 1 aliphatic heterocycles. The van der Waals surface area contributed by atoms with Crippen LogP contribution in [0.4, 0.5) is 0 Å². The van der Waals surface area contributed by atoms with Gasteiger partial charge in [0.15, 0.2) is 0 Å². The van der Waals surface area contributed by atoms with Crippen LogP contribution in [0.3, 0.4) is 0 Å². The van der Waals surface area contributed by atoms with E-state index >= 15 is 0 Å². The van der Waals surface area contributed by atoms with Gasteiger partial charge in [0.25, 0.3) is 5.56 Å². The van der Waals surface area contributed by atoms with Gasteiger partial charge in [-0.05, 0) is 24.3 Å². The van der Waals surface area contributed by atoms with Crippen LogP contribution in [0.2, 0.25) is 0 Å². The fourth-order valence-electron chi connectivity index (χ4n) is 3.49. The Morgan fingerprint density at radius 3 is 2.93 bits per heavy atom. The van der Waals surface area contributed by atoms with Crippen molar-refractivity contribution in [2.45, 2.75) is 19.5 Å². The third-order valence-electron chi connectivity index (χ3n) is 4.83. The minimum atomic E-state index is -0.0467. The molecule has 0 amide bonds. The van der Waals surface area contributed by atoms with Gasteiger partial charge in [-0.1, -0.05) is 6.07 Å². The standard InChI is InChI=1S/C20H17N5OS/c26-19-16-12-25(11-15-10-14-2-1-6-22-20(14)27-15)9-5-17(16)23-18(24-19)13-3-7-21-8-4-13/h1-4,6-8,10H,5,9,11-12H2,(H,23,24,26). The number of hydrogen-bond acceptors (Lipinski definition) is 6. The van der Waals surface area contributed by atoms with Gasteiger partial charge in [-0.25, -0.2) is 9.97 Å². The maximum absolute atomic E-state index is 12.7. The van der Waals surface area contributed by atoms with Crippen molar-refractivity contribution in [1.29, 1.82) is 0 Å². The topological polar surface area (TPSA) is 74.8 Å². The largest absolute Gasteiger partial charge is 0.306 e. The summed E-state index contributed by atoms with van der Waals surface area (Å²) in [6, 6.07) is 9.95. The molecule has 0 aromatic carbocycles. The van der Waals surface area contributed by atoms with Crippen LogP contribution in [0.5, 0.6) is 0 Å². The Balaban J connectivity index is 1.40. The Morgan fingerprint density at radius 2 is 2.07 bits per heavy atom. The zero-order valence-electron chi connectivity index (χ0n) is 14.6. The summed E-state index contributed by atoms with van der Waals surface area (Å²) in [6.45, 7) is 2.34. The Bertz CT molecular complexity index is 1130. The summed E-state index contributed by atoms with van der Waals surface area (Å²) in [5.74, 6) is 0.616. The van der Waals surface area contributed by atoms with Gasteiger partial charge < -0.3 is 4.98 Å². The number of pyridine rings is 2. The van der Waals surface area contributed by atoms with Gasteiger partial charge in [0.1, 0.15) is 10.7 Å². The molecule has 0 bridgehead atoms. The van der Waals surface area contributed by atoms with Crippen LogP contribution in [0, 0.1) is 0 Å². The van der Waals surface area contributed by atoms with Crippen molar-refractivity contribution in [1.82, 2.24) is 24.8 Å². The maximum Gasteiger partial charge on any atom is 0.255 e. The Morgan fingerprint density at radius 1 is 1.19 bits per heavy atom. The zero-order valence-corrected chi connectivity index (χ0v) is 15.4. The fourth-order valence-corrected chi connectivity index (χ4v) is 4.53. The summed E-state index contributed by atoms with van der Waals surface area (Å²) < 4.78 is 0. The molecular formula is C20H17N5OS. The highest BCUT2D eigenvalue weighted by Crippen LogP contribution is 2.26. The normalized spacial score (nSPS) is 14.4. The average Bonchev–Trinajstić information content (AvgIpc) is 3.11. The number of fused-ring (bicyclic) bond motifs is 2. The molecule has 0 atom stereocenters. The van der Waals surface area contributed by atoms with Gasteiger partial charge in [0.05, 0.1) is 11.3 Å². The van der Waals surface area contributed by atoms with E-state index in [9.17, 15) is 4.79 Å². The quantitative estimate of drug-likeness (QED) is 0.596. The first-order chi connectivity index (χ1) is 13.3. The number of nitrogens with one attached hydrogen (secondary N) is 1. The molecule has 1 N–H and O–H groups in total. The number of nitrogens with zero attached hydrogens (tertiary/aromatic N) is 4. The molecule has 1 aliphatic rings. The van der Waals surface area contributed by atoms with Crippen LogP contribution < -0.4 is 5.56 Å². The highest BCUT2D eigenvalue weighted by molar-refractivity contribution is 7.18. The van der Waals surface area contributed by atoms with Crippen molar-refractivity contribution in [3.8, 4) is 11.4 Å². The van der Waals surface area contributed by atoms with Crippen molar-refractivity contribution < 1.29 is 0 Å². The predicted molar refractivity (Wildman–Crippen MR) is 106 cm³/mol. The molecule has 4 aromatic heterocycles. The van der Waals surface area contributed by atoms with Crippen molar-refractivity contribution in [2.75, 3.05) is 6.54 Å². The molecule has 134 valence electrons. The van der Waals surface area contributed by atoms with Crippen molar-refractivity contribution >= 4 is 21.6 Å². The highest BCUT2D eigenvalue weighted by atomic mass is 32.1. The molecule has 6 nitrogen and oxygen atoms in total. The van der Waals surface area contributed by atoms with E-state index in [-0.39, 0.29) is 5.56 Å². The molecule has 0 fully saturated rings. The lowest BCUT2D eigenvalue weighted by atomic mass is 10.1. The molecule has 27 heavy (non-hydrogen) atoms. The molecule has 0 aliphatic carbocycles. The number of thiophene rings is 1. The third kappa shape index (κ3) is 3.15. The van der Waals surface area contributed by atoms with Crippen molar-refractivity contribution in [3.63, 3.8) is 0 Å². The van der Waals surface area contributed by atoms with Crippen LogP contribution in [-0.4, -0.2) is 31.4 Å². The van der Waals surface area contributed by atoms with Gasteiger partial charge >= 0.3 is 0 Å². The Hall–Kier alpha value is -2.90. The molecule has 0 radical (unpaired) electrons. The van der Waals surface area contributed by atoms with Gasteiger partial charge in [0, 0.05) is 60.5 Å². The fraction of sp³-hybridized carbons (Fsp3) is 0.200. The summed E-state index contributed by atoms with van der Waals surface area (Å²) >= 11 is 1.72. The van der Waals surface area contributed by atoms with E-state index in [1.54, 1.807) is 23.7 Å². The Labute approximate surface area is 159 Å². The predicted octanol–water partition coefficient (Wildman–Crippen LogP) is 3.00. The van der Waals surface area contributed by atoms with Crippen LogP contribution in [0.1, 0.15) is 16.1 Å². The lowest BCUT2D eigenvalue weighted by molar-refractivity contribution is 0.244. The van der Waals surface area contributed by atoms with Crippen LogP contribution in [0.15, 0.2) is 53.7 Å². The first-order valence-electron chi connectivity index (χ1n) is 8.84. The van der Waals surface area contributed by atoms with Gasteiger partial charge in [-0.3, -0.25) is 14.7 Å². The molecule has 0 saturated heterocycles. The smallest absolute Gasteiger partial charge is 0.255 e. The van der Waals surface area contributed by atoms with E-state index in [1.165, 1.54) is 10.3 Å². The summed E-state index contributed by atoms with van der Waals surface area (Å²) in [4.78, 5) is 33.3. The molecular weight excluding hydrogens is 358 g/mol. The van der Waals surface area contributed by atoms with E-state index in [1.807, 2.05) is 24.4 Å². The Kier molecular flexibility index (Phi) is 4.03. The summed E-state index contributed by atoms with van der Waals surface area (Å²) in [6.07, 6.45) is 6.01. The van der Waals surface area contributed by atoms with E-state index in [4.69, 9.17) is 4.98 Å². The molecule has 0 spiro atoms. The number of rotatable bonds is 3. The summed E-state index contributed by atoms with van der Waals surface area (Å²) in [5.41, 5.74) is 2.51. The molecule has 4 aromatic rings. The second kappa shape index (κ2) is 6.68. The van der Waals surface area contributed by atoms with Crippen molar-refractivity contribution in [2.24, 2.45) is 0 Å². The van der Waals surface area contributed by atoms with Crippen molar-refractivity contribution in [3.05, 3.63) is 75.4 Å². The first kappa shape index (κ1) is 16.3. The minimum Gasteiger partial charge on any atom is -0.306 e. The minimum absolute atomic E-state index is 0.0467. The second-order valence-corrected chi connectivity index (χ2v) is 7.76. The number of hydrogen-bond donors (Lipinski definition) is 1. The highest BCUT2D eigenvalue weighted by Gasteiger charge is 2.22. The monoisotopic (exact) mass is 375 g/mol. The number of H-pyrrole nitrogens is 1. The van der Waals surface area contributed by atoms with Gasteiger partial charge in [-0.2, -0.15) is 0 Å². The van der Waals surface area contributed by atoms with Gasteiger partial charge in [-0.15, -0.1) is 11.3 Å².